The molecule has 0 fully saturated rings. The number of nitrogens with zero attached hydrogens (tertiary/aromatic N) is 1. The average Bonchev–Trinajstić information content (AvgIpc) is 1.88. The van der Waals surface area contributed by atoms with Crippen LogP contribution in [0, 0.1) is 0 Å². The Kier molecular flexibility index (Phi) is 9.11. The first-order valence-electron chi connectivity index (χ1n) is 2.50. The summed E-state index contributed by atoms with van der Waals surface area (Å²) in [5.41, 5.74) is 0. The smallest absolute Gasteiger partial charge is 0.0360 e. The Morgan fingerprint density at radius 1 is 1.22 bits per heavy atom. The quantitative estimate of drug-likeness (QED) is 0.436. The molecule has 0 amide bonds. The van der Waals surface area contributed by atoms with E-state index >= 15 is 0 Å². The molecule has 0 N–H and O–H groups in total. The average molecular weight is 300 g/mol. The molecule has 9 heavy (non-hydrogen) atoms. The molecule has 0 spiro atoms. The number of hydrogen-bond acceptors (Lipinski definition) is 2. The van der Waals surface area contributed by atoms with Gasteiger partial charge in [0.1, 0.15) is 0 Å². The van der Waals surface area contributed by atoms with E-state index in [1.54, 1.807) is 9.12 Å². The molecule has 0 unspecified atom stereocenters. The van der Waals surface area contributed by atoms with Crippen LogP contribution in [0.25, 0.3) is 0 Å². The predicted octanol–water partition coefficient (Wildman–Crippen LogP) is 2.76. The van der Waals surface area contributed by atoms with Crippen molar-refractivity contribution in [1.29, 1.82) is 0 Å². The summed E-state index contributed by atoms with van der Waals surface area (Å²) in [6, 6.07) is 0. The predicted molar refractivity (Wildman–Crippen MR) is 54.6 cm³/mol. The maximum absolute atomic E-state index is 5.51. The Hall–Kier alpha value is 1.62. The lowest BCUT2D eigenvalue weighted by Gasteiger charge is -2.13. The number of alkyl halides is 2. The number of hydrogen-bond donors (Lipinski definition) is 0. The van der Waals surface area contributed by atoms with Crippen LogP contribution in [0.5, 0.6) is 0 Å². The fourth-order valence-corrected chi connectivity index (χ4v) is 2.48. The Morgan fingerprint density at radius 3 is 1.89 bits per heavy atom. The van der Waals surface area contributed by atoms with Crippen LogP contribution in [0.4, 0.5) is 0 Å². The zero-order chi connectivity index (χ0) is 7.11. The standard InChI is InChI=1S/C4H8Cl2INS/c5-1-3-8(9-7)4-2-6/h1-4H2. The van der Waals surface area contributed by atoms with Gasteiger partial charge in [0.05, 0.1) is 0 Å². The molecule has 0 aromatic rings. The van der Waals surface area contributed by atoms with Crippen molar-refractivity contribution in [2.75, 3.05) is 24.8 Å². The minimum absolute atomic E-state index is 0.674. The highest BCUT2D eigenvalue weighted by atomic mass is 127. The van der Waals surface area contributed by atoms with Gasteiger partial charge in [-0.1, -0.05) is 0 Å². The Morgan fingerprint density at radius 2 is 1.67 bits per heavy atom. The van der Waals surface area contributed by atoms with Gasteiger partial charge in [-0.05, 0) is 9.12 Å². The number of rotatable bonds is 5. The monoisotopic (exact) mass is 299 g/mol. The van der Waals surface area contributed by atoms with Gasteiger partial charge in [0.15, 0.2) is 0 Å². The molecule has 0 atom stereocenters. The van der Waals surface area contributed by atoms with Crippen molar-refractivity contribution in [1.82, 2.24) is 4.31 Å². The SMILES string of the molecule is ClCCN(CCCl)SI. The van der Waals surface area contributed by atoms with Crippen LogP contribution in [0.15, 0.2) is 0 Å². The van der Waals surface area contributed by atoms with Gasteiger partial charge < -0.3 is 0 Å². The molecule has 56 valence electrons. The third kappa shape index (κ3) is 6.04. The van der Waals surface area contributed by atoms with E-state index < -0.39 is 0 Å². The maximum Gasteiger partial charge on any atom is 0.0360 e. The number of halogens is 3. The molecule has 1 nitrogen and oxygen atoms in total. The van der Waals surface area contributed by atoms with Crippen molar-refractivity contribution in [3.05, 3.63) is 0 Å². The highest BCUT2D eigenvalue weighted by molar-refractivity contribution is 14.2. The van der Waals surface area contributed by atoms with Crippen LogP contribution in [0.3, 0.4) is 0 Å². The van der Waals surface area contributed by atoms with Gasteiger partial charge in [-0.25, -0.2) is 4.31 Å². The second kappa shape index (κ2) is 7.72. The highest BCUT2D eigenvalue weighted by Gasteiger charge is 1.99. The first kappa shape index (κ1) is 10.6. The van der Waals surface area contributed by atoms with Gasteiger partial charge in [-0.15, -0.1) is 23.2 Å². The van der Waals surface area contributed by atoms with Gasteiger partial charge in [0.2, 0.25) is 0 Å². The molecule has 0 radical (unpaired) electrons. The summed E-state index contributed by atoms with van der Waals surface area (Å²) in [5, 5.41) is 0. The van der Waals surface area contributed by atoms with Crippen LogP contribution in [0.2, 0.25) is 0 Å². The molecule has 5 heteroatoms. The van der Waals surface area contributed by atoms with Gasteiger partial charge in [0, 0.05) is 46.1 Å². The molecule has 0 aliphatic heterocycles. The summed E-state index contributed by atoms with van der Waals surface area (Å²) in [6.07, 6.45) is 0. The molecule has 0 heterocycles. The van der Waals surface area contributed by atoms with E-state index in [4.69, 9.17) is 23.2 Å². The van der Waals surface area contributed by atoms with E-state index in [9.17, 15) is 0 Å². The lowest BCUT2D eigenvalue weighted by molar-refractivity contribution is 0.537. The van der Waals surface area contributed by atoms with Crippen LogP contribution >= 0.6 is 53.5 Å². The topological polar surface area (TPSA) is 3.24 Å². The Labute approximate surface area is 82.2 Å². The van der Waals surface area contributed by atoms with E-state index in [0.29, 0.717) is 11.8 Å². The Bertz CT molecular complexity index is 60.5. The Balaban J connectivity index is 3.18. The largest absolute Gasteiger partial charge is 0.239 e. The fourth-order valence-electron chi connectivity index (χ4n) is 0.369. The zero-order valence-corrected chi connectivity index (χ0v) is 9.30. The molecule has 0 aromatic carbocycles. The molecule has 0 rings (SSSR count). The lowest BCUT2D eigenvalue weighted by Crippen LogP contribution is -2.18. The van der Waals surface area contributed by atoms with E-state index in [-0.39, 0.29) is 0 Å². The second-order valence-corrected chi connectivity index (χ2v) is 3.97. The molecule has 0 saturated carbocycles. The summed E-state index contributed by atoms with van der Waals surface area (Å²) in [7, 11) is 1.65. The third-order valence-corrected chi connectivity index (χ3v) is 3.34. The van der Waals surface area contributed by atoms with Crippen molar-refractivity contribution in [3.63, 3.8) is 0 Å². The van der Waals surface area contributed by atoms with Gasteiger partial charge in [0.25, 0.3) is 0 Å². The summed E-state index contributed by atoms with van der Waals surface area (Å²) in [5.74, 6) is 1.35. The minimum atomic E-state index is 0.674. The molecular weight excluding hydrogens is 292 g/mol. The fraction of sp³-hybridized carbons (Fsp3) is 1.00. The second-order valence-electron chi connectivity index (χ2n) is 1.38. The summed E-state index contributed by atoms with van der Waals surface area (Å²) < 4.78 is 2.13. The van der Waals surface area contributed by atoms with Crippen LogP contribution in [-0.2, 0) is 0 Å². The van der Waals surface area contributed by atoms with E-state index in [2.05, 4.69) is 25.5 Å². The molecule has 0 bridgehead atoms. The van der Waals surface area contributed by atoms with Crippen molar-refractivity contribution in [3.8, 4) is 0 Å². The van der Waals surface area contributed by atoms with Gasteiger partial charge in [-0.2, -0.15) is 0 Å². The normalized spacial score (nSPS) is 10.7. The van der Waals surface area contributed by atoms with E-state index in [1.807, 2.05) is 0 Å². The first-order chi connectivity index (χ1) is 4.35. The molecule has 0 aliphatic carbocycles. The van der Waals surface area contributed by atoms with Crippen LogP contribution in [0.1, 0.15) is 0 Å². The van der Waals surface area contributed by atoms with Crippen molar-refractivity contribution < 1.29 is 0 Å². The van der Waals surface area contributed by atoms with E-state index in [0.717, 1.165) is 13.1 Å². The van der Waals surface area contributed by atoms with E-state index in [1.165, 1.54) is 0 Å². The maximum atomic E-state index is 5.51. The zero-order valence-electron chi connectivity index (χ0n) is 4.82. The minimum Gasteiger partial charge on any atom is -0.239 e. The van der Waals surface area contributed by atoms with Crippen LogP contribution < -0.4 is 0 Å². The highest BCUT2D eigenvalue weighted by Crippen LogP contribution is 2.17. The molecule has 0 aliphatic rings. The molecular formula is C4H8Cl2INS. The summed E-state index contributed by atoms with van der Waals surface area (Å²) in [4.78, 5) is 0. The van der Waals surface area contributed by atoms with Crippen molar-refractivity contribution >= 4 is 53.5 Å². The lowest BCUT2D eigenvalue weighted by atomic mass is 10.7. The van der Waals surface area contributed by atoms with Crippen LogP contribution in [-0.4, -0.2) is 29.2 Å². The molecule has 0 aromatic heterocycles. The third-order valence-electron chi connectivity index (χ3n) is 0.765. The summed E-state index contributed by atoms with van der Waals surface area (Å²) in [6.45, 7) is 1.81. The molecule has 0 saturated heterocycles. The first-order valence-corrected chi connectivity index (χ1v) is 6.89. The van der Waals surface area contributed by atoms with Gasteiger partial charge in [-0.3, -0.25) is 0 Å². The van der Waals surface area contributed by atoms with Crippen molar-refractivity contribution in [2.45, 2.75) is 0 Å². The van der Waals surface area contributed by atoms with Crippen molar-refractivity contribution in [2.24, 2.45) is 0 Å². The van der Waals surface area contributed by atoms with Gasteiger partial charge >= 0.3 is 0 Å². The summed E-state index contributed by atoms with van der Waals surface area (Å²) >= 11 is 13.2.